The van der Waals surface area contributed by atoms with Gasteiger partial charge < -0.3 is 15.3 Å². The molecule has 5 rings (SSSR count). The van der Waals surface area contributed by atoms with Crippen LogP contribution in [0.1, 0.15) is 59.2 Å². The molecule has 2 N–H and O–H groups in total. The summed E-state index contributed by atoms with van der Waals surface area (Å²) in [6.07, 6.45) is 5.53. The molecule has 0 bridgehead atoms. The molecule has 1 atom stereocenters. The van der Waals surface area contributed by atoms with Crippen LogP contribution in [-0.2, 0) is 0 Å². The molecule has 37 heavy (non-hydrogen) atoms. The highest BCUT2D eigenvalue weighted by Crippen LogP contribution is 2.32. The van der Waals surface area contributed by atoms with Gasteiger partial charge in [-0.25, -0.2) is 19.7 Å². The third-order valence-corrected chi connectivity index (χ3v) is 6.81. The predicted octanol–water partition coefficient (Wildman–Crippen LogP) is 4.77. The molecule has 3 aromatic heterocycles. The van der Waals surface area contributed by atoms with Crippen LogP contribution >= 0.6 is 11.6 Å². The Hall–Kier alpha value is -4.23. The molecule has 0 radical (unpaired) electrons. The average Bonchev–Trinajstić information content (AvgIpc) is 3.43. The van der Waals surface area contributed by atoms with E-state index in [1.165, 1.54) is 0 Å². The number of aromatic nitrogens is 5. The van der Waals surface area contributed by atoms with Gasteiger partial charge in [-0.1, -0.05) is 17.7 Å². The van der Waals surface area contributed by atoms with E-state index in [2.05, 4.69) is 31.4 Å². The number of halogens is 1. The molecule has 1 aliphatic heterocycles. The quantitative estimate of drug-likeness (QED) is 0.347. The number of rotatable bonds is 6. The van der Waals surface area contributed by atoms with Gasteiger partial charge in [-0.3, -0.25) is 4.68 Å². The number of benzene rings is 1. The summed E-state index contributed by atoms with van der Waals surface area (Å²) < 4.78 is 1.99. The van der Waals surface area contributed by atoms with Crippen LogP contribution in [0, 0.1) is 18.3 Å². The van der Waals surface area contributed by atoms with Gasteiger partial charge >= 0.3 is 5.97 Å². The second-order valence-electron chi connectivity index (χ2n) is 9.14. The molecule has 11 heteroatoms. The lowest BCUT2D eigenvalue weighted by atomic mass is 10.0. The third kappa shape index (κ3) is 4.90. The molecule has 188 valence electrons. The number of aryl methyl sites for hydroxylation is 1. The molecule has 1 aromatic carbocycles. The van der Waals surface area contributed by atoms with Gasteiger partial charge in [-0.2, -0.15) is 10.4 Å². The van der Waals surface area contributed by atoms with Crippen molar-refractivity contribution in [3.05, 3.63) is 70.4 Å². The highest BCUT2D eigenvalue weighted by molar-refractivity contribution is 6.29. The maximum atomic E-state index is 11.7. The van der Waals surface area contributed by atoms with E-state index in [-0.39, 0.29) is 22.6 Å². The van der Waals surface area contributed by atoms with E-state index in [1.54, 1.807) is 18.3 Å². The van der Waals surface area contributed by atoms with Crippen LogP contribution in [0.4, 0.5) is 11.5 Å². The van der Waals surface area contributed by atoms with E-state index < -0.39 is 5.97 Å². The van der Waals surface area contributed by atoms with Crippen LogP contribution in [0.25, 0.3) is 11.0 Å². The van der Waals surface area contributed by atoms with Crippen LogP contribution in [0.3, 0.4) is 0 Å². The standard InChI is InChI=1S/C26H25ClN8O2/c1-15-12-18(16(2)30-19-4-5-22(27)32-24(19)26(36)37)23-20(13-15)31-21(14-28)25(33-23)34-10-6-17(7-11-34)35-9-3-8-29-35/h3-5,8-9,12-13,16-17,30H,6-7,10-11H2,1-2H3,(H,36,37)/t16-/m1/s1. The fraction of sp³-hybridized carbons (Fsp3) is 0.308. The Morgan fingerprint density at radius 3 is 2.70 bits per heavy atom. The number of piperidine rings is 1. The summed E-state index contributed by atoms with van der Waals surface area (Å²) in [6.45, 7) is 5.33. The van der Waals surface area contributed by atoms with Gasteiger partial charge in [0, 0.05) is 31.0 Å². The molecule has 1 saturated heterocycles. The van der Waals surface area contributed by atoms with E-state index in [0.717, 1.165) is 37.1 Å². The molecule has 1 fully saturated rings. The van der Waals surface area contributed by atoms with Gasteiger partial charge in [0.25, 0.3) is 0 Å². The summed E-state index contributed by atoms with van der Waals surface area (Å²) in [5, 5.41) is 27.2. The highest BCUT2D eigenvalue weighted by Gasteiger charge is 2.26. The Morgan fingerprint density at radius 1 is 1.24 bits per heavy atom. The largest absolute Gasteiger partial charge is 0.476 e. The number of aromatic carboxylic acids is 1. The normalized spacial score (nSPS) is 14.9. The Balaban J connectivity index is 1.50. The van der Waals surface area contributed by atoms with Crippen LogP contribution in [0.15, 0.2) is 42.7 Å². The fourth-order valence-electron chi connectivity index (χ4n) is 4.81. The summed E-state index contributed by atoms with van der Waals surface area (Å²) in [5.41, 5.74) is 3.55. The van der Waals surface area contributed by atoms with Crippen molar-refractivity contribution in [1.82, 2.24) is 24.7 Å². The first-order valence-electron chi connectivity index (χ1n) is 12.0. The van der Waals surface area contributed by atoms with Crippen molar-refractivity contribution < 1.29 is 9.90 Å². The van der Waals surface area contributed by atoms with Crippen molar-refractivity contribution in [3.63, 3.8) is 0 Å². The molecule has 0 unspecified atom stereocenters. The summed E-state index contributed by atoms with van der Waals surface area (Å²) in [5.74, 6) is -0.615. The van der Waals surface area contributed by atoms with Crippen molar-refractivity contribution in [1.29, 1.82) is 5.26 Å². The zero-order valence-electron chi connectivity index (χ0n) is 20.4. The summed E-state index contributed by atoms with van der Waals surface area (Å²) in [6, 6.07) is 11.2. The van der Waals surface area contributed by atoms with E-state index in [1.807, 2.05) is 42.9 Å². The van der Waals surface area contributed by atoms with Gasteiger partial charge in [-0.05, 0) is 56.5 Å². The molecular formula is C26H25ClN8O2. The lowest BCUT2D eigenvalue weighted by Crippen LogP contribution is -2.36. The highest BCUT2D eigenvalue weighted by atomic mass is 35.5. The first kappa shape index (κ1) is 24.5. The molecule has 0 aliphatic carbocycles. The molecule has 10 nitrogen and oxygen atoms in total. The number of anilines is 2. The Kier molecular flexibility index (Phi) is 6.63. The van der Waals surface area contributed by atoms with E-state index in [9.17, 15) is 15.2 Å². The lowest BCUT2D eigenvalue weighted by Gasteiger charge is -2.33. The van der Waals surface area contributed by atoms with Crippen molar-refractivity contribution >= 4 is 40.1 Å². The van der Waals surface area contributed by atoms with Gasteiger partial charge in [-0.15, -0.1) is 0 Å². The minimum Gasteiger partial charge on any atom is -0.476 e. The van der Waals surface area contributed by atoms with Gasteiger partial charge in [0.05, 0.1) is 28.8 Å². The number of hydrogen-bond acceptors (Lipinski definition) is 8. The Morgan fingerprint density at radius 2 is 2.03 bits per heavy atom. The van der Waals surface area contributed by atoms with Crippen molar-refractivity contribution in [2.45, 2.75) is 38.8 Å². The number of carboxylic acids is 1. The second kappa shape index (κ2) is 10.0. The monoisotopic (exact) mass is 516 g/mol. The van der Waals surface area contributed by atoms with Gasteiger partial charge in [0.15, 0.2) is 17.2 Å². The summed E-state index contributed by atoms with van der Waals surface area (Å²) in [7, 11) is 0. The minimum atomic E-state index is -1.18. The maximum absolute atomic E-state index is 11.7. The van der Waals surface area contributed by atoms with E-state index in [4.69, 9.17) is 16.6 Å². The summed E-state index contributed by atoms with van der Waals surface area (Å²) in [4.78, 5) is 27.4. The van der Waals surface area contributed by atoms with Gasteiger partial charge in [0.1, 0.15) is 11.2 Å². The second-order valence-corrected chi connectivity index (χ2v) is 9.52. The molecule has 4 aromatic rings. The first-order valence-corrected chi connectivity index (χ1v) is 12.3. The lowest BCUT2D eigenvalue weighted by molar-refractivity contribution is 0.0691. The average molecular weight is 517 g/mol. The van der Waals surface area contributed by atoms with Crippen molar-refractivity contribution in [3.8, 4) is 6.07 Å². The molecule has 4 heterocycles. The number of nitrogens with zero attached hydrogens (tertiary/aromatic N) is 7. The zero-order valence-corrected chi connectivity index (χ0v) is 21.1. The molecule has 1 aliphatic rings. The Labute approximate surface area is 218 Å². The molecular weight excluding hydrogens is 492 g/mol. The maximum Gasteiger partial charge on any atom is 0.356 e. The Bertz CT molecular complexity index is 1510. The topological polar surface area (TPSA) is 133 Å². The number of nitrogens with one attached hydrogen (secondary N) is 1. The predicted molar refractivity (Wildman–Crippen MR) is 140 cm³/mol. The number of carboxylic acid groups (broad SMARTS) is 1. The van der Waals surface area contributed by atoms with E-state index in [0.29, 0.717) is 28.6 Å². The van der Waals surface area contributed by atoms with Crippen molar-refractivity contribution in [2.75, 3.05) is 23.3 Å². The third-order valence-electron chi connectivity index (χ3n) is 6.60. The number of nitriles is 1. The summed E-state index contributed by atoms with van der Waals surface area (Å²) >= 11 is 5.91. The van der Waals surface area contributed by atoms with Crippen LogP contribution in [0.2, 0.25) is 5.15 Å². The molecule has 0 saturated carbocycles. The number of pyridine rings is 1. The fourth-order valence-corrected chi connectivity index (χ4v) is 4.96. The minimum absolute atomic E-state index is 0.104. The van der Waals surface area contributed by atoms with Crippen molar-refractivity contribution in [2.24, 2.45) is 0 Å². The number of hydrogen-bond donors (Lipinski definition) is 2. The number of carbonyl (C=O) groups is 1. The van der Waals surface area contributed by atoms with Gasteiger partial charge in [0.2, 0.25) is 0 Å². The van der Waals surface area contributed by atoms with E-state index >= 15 is 0 Å². The van der Waals surface area contributed by atoms with Crippen LogP contribution < -0.4 is 10.2 Å². The number of fused-ring (bicyclic) bond motifs is 1. The van der Waals surface area contributed by atoms with Crippen LogP contribution in [0.5, 0.6) is 0 Å². The first-order chi connectivity index (χ1) is 17.8. The van der Waals surface area contributed by atoms with Crippen LogP contribution in [-0.4, -0.2) is 48.9 Å². The molecule has 0 spiro atoms. The molecule has 0 amide bonds. The SMILES string of the molecule is Cc1cc([C@@H](C)Nc2ccc(Cl)nc2C(=O)O)c2nc(N3CCC(n4cccn4)CC3)c(C#N)nc2c1. The zero-order chi connectivity index (χ0) is 26.1. The smallest absolute Gasteiger partial charge is 0.356 e.